The number of carbonyl (C=O) groups excluding carboxylic acids is 2. The zero-order valence-corrected chi connectivity index (χ0v) is 23.4. The van der Waals surface area contributed by atoms with E-state index in [1.54, 1.807) is 29.2 Å². The summed E-state index contributed by atoms with van der Waals surface area (Å²) in [5.74, 6) is -0.103. The Labute approximate surface area is 237 Å². The number of thioether (sulfide) groups is 1. The van der Waals surface area contributed by atoms with Crippen LogP contribution in [-0.2, 0) is 22.6 Å². The molecule has 4 nitrogen and oxygen atoms in total. The van der Waals surface area contributed by atoms with Crippen molar-refractivity contribution in [2.45, 2.75) is 55.6 Å². The summed E-state index contributed by atoms with van der Waals surface area (Å²) < 4.78 is 0. The molecule has 0 aromatic heterocycles. The summed E-state index contributed by atoms with van der Waals surface area (Å²) in [6, 6.07) is 21.8. The molecule has 4 rings (SSSR count). The number of benzene rings is 3. The van der Waals surface area contributed by atoms with Gasteiger partial charge < -0.3 is 10.2 Å². The molecule has 3 aromatic rings. The van der Waals surface area contributed by atoms with Crippen LogP contribution in [0.1, 0.15) is 36.8 Å². The molecule has 37 heavy (non-hydrogen) atoms. The van der Waals surface area contributed by atoms with Crippen LogP contribution in [-0.4, -0.2) is 34.6 Å². The predicted molar refractivity (Wildman–Crippen MR) is 154 cm³/mol. The van der Waals surface area contributed by atoms with Gasteiger partial charge in [-0.1, -0.05) is 84.0 Å². The van der Waals surface area contributed by atoms with Gasteiger partial charge in [0, 0.05) is 39.0 Å². The molecule has 0 spiro atoms. The standard InChI is InChI=1S/C29H29Cl3N2O2S/c30-22-12-14-25(15-13-22)37-19-28(35)34(18-21-10-11-23(31)17-26(21)32)27(16-20-6-2-1-3-7-20)29(36)33-24-8-4-5-9-24/h1-3,6-7,10-15,17,24,27H,4-5,8-9,16,18-19H2,(H,33,36)/t27-/m0/s1. The minimum Gasteiger partial charge on any atom is -0.352 e. The Morgan fingerprint density at radius 3 is 2.27 bits per heavy atom. The highest BCUT2D eigenvalue weighted by molar-refractivity contribution is 8.00. The van der Waals surface area contributed by atoms with E-state index < -0.39 is 6.04 Å². The predicted octanol–water partition coefficient (Wildman–Crippen LogP) is 7.44. The third-order valence-corrected chi connectivity index (χ3v) is 8.34. The first-order valence-electron chi connectivity index (χ1n) is 12.3. The number of amides is 2. The molecule has 0 unspecified atom stereocenters. The monoisotopic (exact) mass is 574 g/mol. The summed E-state index contributed by atoms with van der Waals surface area (Å²) in [5, 5.41) is 4.84. The molecule has 0 radical (unpaired) electrons. The van der Waals surface area contributed by atoms with Crippen molar-refractivity contribution < 1.29 is 9.59 Å². The van der Waals surface area contributed by atoms with Gasteiger partial charge in [0.25, 0.3) is 0 Å². The number of nitrogens with one attached hydrogen (secondary N) is 1. The molecule has 3 aromatic carbocycles. The van der Waals surface area contributed by atoms with Gasteiger partial charge in [0.05, 0.1) is 5.75 Å². The van der Waals surface area contributed by atoms with Crippen molar-refractivity contribution in [1.29, 1.82) is 0 Å². The lowest BCUT2D eigenvalue weighted by molar-refractivity contribution is -0.139. The molecule has 1 atom stereocenters. The highest BCUT2D eigenvalue weighted by atomic mass is 35.5. The molecule has 2 amide bonds. The van der Waals surface area contributed by atoms with Crippen LogP contribution in [0.25, 0.3) is 0 Å². The molecule has 1 aliphatic rings. The van der Waals surface area contributed by atoms with Gasteiger partial charge in [0.2, 0.25) is 11.8 Å². The highest BCUT2D eigenvalue weighted by Crippen LogP contribution is 2.27. The zero-order valence-electron chi connectivity index (χ0n) is 20.3. The average molecular weight is 576 g/mol. The Morgan fingerprint density at radius 1 is 0.919 bits per heavy atom. The number of hydrogen-bond donors (Lipinski definition) is 1. The third kappa shape index (κ3) is 8.15. The maximum absolute atomic E-state index is 13.8. The van der Waals surface area contributed by atoms with Gasteiger partial charge in [-0.2, -0.15) is 0 Å². The summed E-state index contributed by atoms with van der Waals surface area (Å²) in [6.07, 6.45) is 4.55. The van der Waals surface area contributed by atoms with E-state index in [4.69, 9.17) is 34.8 Å². The maximum atomic E-state index is 13.8. The summed E-state index contributed by atoms with van der Waals surface area (Å²) in [4.78, 5) is 30.1. The number of carbonyl (C=O) groups is 2. The van der Waals surface area contributed by atoms with Crippen LogP contribution in [0.3, 0.4) is 0 Å². The number of rotatable bonds is 10. The second kappa shape index (κ2) is 13.6. The Balaban J connectivity index is 1.63. The molecule has 1 aliphatic carbocycles. The van der Waals surface area contributed by atoms with Crippen molar-refractivity contribution in [3.05, 3.63) is 99.0 Å². The van der Waals surface area contributed by atoms with Crippen LogP contribution in [0.15, 0.2) is 77.7 Å². The third-order valence-electron chi connectivity index (χ3n) is 6.50. The van der Waals surface area contributed by atoms with Crippen molar-refractivity contribution in [3.8, 4) is 0 Å². The van der Waals surface area contributed by atoms with E-state index in [1.165, 1.54) is 11.8 Å². The molecule has 0 bridgehead atoms. The molecular weight excluding hydrogens is 547 g/mol. The quantitative estimate of drug-likeness (QED) is 0.256. The van der Waals surface area contributed by atoms with Crippen molar-refractivity contribution in [2.75, 3.05) is 5.75 Å². The molecule has 1 N–H and O–H groups in total. The fourth-order valence-electron chi connectivity index (χ4n) is 4.51. The van der Waals surface area contributed by atoms with Gasteiger partial charge in [0.15, 0.2) is 0 Å². The Bertz CT molecular complexity index is 1200. The summed E-state index contributed by atoms with van der Waals surface area (Å²) in [6.45, 7) is 0.200. The van der Waals surface area contributed by atoms with Gasteiger partial charge in [-0.15, -0.1) is 11.8 Å². The van der Waals surface area contributed by atoms with Crippen LogP contribution in [0.5, 0.6) is 0 Å². The van der Waals surface area contributed by atoms with E-state index in [9.17, 15) is 9.59 Å². The van der Waals surface area contributed by atoms with Gasteiger partial charge in [-0.25, -0.2) is 0 Å². The maximum Gasteiger partial charge on any atom is 0.243 e. The second-order valence-corrected chi connectivity index (χ2v) is 11.5. The molecule has 8 heteroatoms. The topological polar surface area (TPSA) is 49.4 Å². The van der Waals surface area contributed by atoms with Gasteiger partial charge in [0.1, 0.15) is 6.04 Å². The van der Waals surface area contributed by atoms with Crippen molar-refractivity contribution in [2.24, 2.45) is 0 Å². The van der Waals surface area contributed by atoms with Crippen molar-refractivity contribution in [1.82, 2.24) is 10.2 Å². The summed E-state index contributed by atoms with van der Waals surface area (Å²) in [5.41, 5.74) is 1.72. The second-order valence-electron chi connectivity index (χ2n) is 9.20. The lowest BCUT2D eigenvalue weighted by atomic mass is 10.0. The van der Waals surface area contributed by atoms with Crippen molar-refractivity contribution in [3.63, 3.8) is 0 Å². The molecule has 1 fully saturated rings. The van der Waals surface area contributed by atoms with E-state index in [0.29, 0.717) is 21.5 Å². The van der Waals surface area contributed by atoms with Gasteiger partial charge >= 0.3 is 0 Å². The fraction of sp³-hybridized carbons (Fsp3) is 0.310. The van der Waals surface area contributed by atoms with E-state index >= 15 is 0 Å². The molecular formula is C29H29Cl3N2O2S. The number of hydrogen-bond acceptors (Lipinski definition) is 3. The van der Waals surface area contributed by atoms with E-state index in [2.05, 4.69) is 5.32 Å². The van der Waals surface area contributed by atoms with Crippen LogP contribution < -0.4 is 5.32 Å². The van der Waals surface area contributed by atoms with E-state index in [1.807, 2.05) is 48.5 Å². The molecule has 1 saturated carbocycles. The molecule has 0 heterocycles. The Kier molecular flexibility index (Phi) is 10.2. The van der Waals surface area contributed by atoms with Crippen LogP contribution in [0.4, 0.5) is 0 Å². The highest BCUT2D eigenvalue weighted by Gasteiger charge is 2.32. The molecule has 0 saturated heterocycles. The normalized spacial score (nSPS) is 14.4. The first-order valence-corrected chi connectivity index (χ1v) is 14.5. The molecule has 0 aliphatic heterocycles. The average Bonchev–Trinajstić information content (AvgIpc) is 3.40. The van der Waals surface area contributed by atoms with E-state index in [0.717, 1.165) is 41.7 Å². The zero-order chi connectivity index (χ0) is 26.2. The summed E-state index contributed by atoms with van der Waals surface area (Å²) >= 11 is 20.1. The fourth-order valence-corrected chi connectivity index (χ4v) is 5.89. The first-order chi connectivity index (χ1) is 17.9. The van der Waals surface area contributed by atoms with Crippen LogP contribution in [0.2, 0.25) is 15.1 Å². The molecule has 194 valence electrons. The van der Waals surface area contributed by atoms with Gasteiger partial charge in [-0.05, 0) is 60.4 Å². The van der Waals surface area contributed by atoms with Crippen LogP contribution >= 0.6 is 46.6 Å². The SMILES string of the molecule is O=C(NC1CCCC1)[C@H](Cc1ccccc1)N(Cc1ccc(Cl)cc1Cl)C(=O)CSc1ccc(Cl)cc1. The van der Waals surface area contributed by atoms with Crippen molar-refractivity contribution >= 4 is 58.4 Å². The van der Waals surface area contributed by atoms with Gasteiger partial charge in [-0.3, -0.25) is 9.59 Å². The lowest BCUT2D eigenvalue weighted by Gasteiger charge is -2.32. The van der Waals surface area contributed by atoms with Crippen LogP contribution in [0, 0.1) is 0 Å². The smallest absolute Gasteiger partial charge is 0.243 e. The first kappa shape index (κ1) is 27.8. The Hall–Kier alpha value is -2.18. The lowest BCUT2D eigenvalue weighted by Crippen LogP contribution is -2.52. The number of nitrogens with zero attached hydrogens (tertiary/aromatic N) is 1. The number of halogens is 3. The Morgan fingerprint density at radius 2 is 1.59 bits per heavy atom. The minimum absolute atomic E-state index is 0.134. The van der Waals surface area contributed by atoms with E-state index in [-0.39, 0.29) is 30.2 Å². The largest absolute Gasteiger partial charge is 0.352 e. The summed E-state index contributed by atoms with van der Waals surface area (Å²) in [7, 11) is 0. The minimum atomic E-state index is -0.687.